The standard InChI is InChI=1S/C20H20FN3O4S/c21-16-4-6-18(7-5-16)29(26,27)24-11-8-15(9-12-24)20(25)28-14-17-13-23-10-2-1-3-19(23)22-17/h1-7,10,13,15H,8-9,11-12,14H2. The third-order valence-corrected chi connectivity index (χ3v) is 6.93. The highest BCUT2D eigenvalue weighted by molar-refractivity contribution is 7.89. The third-order valence-electron chi connectivity index (χ3n) is 5.01. The molecule has 0 N–H and O–H groups in total. The summed E-state index contributed by atoms with van der Waals surface area (Å²) in [6.45, 7) is 0.510. The molecule has 1 aliphatic rings. The summed E-state index contributed by atoms with van der Waals surface area (Å²) in [7, 11) is -3.70. The molecule has 1 saturated heterocycles. The molecule has 1 aromatic carbocycles. The summed E-state index contributed by atoms with van der Waals surface area (Å²) < 4.78 is 46.9. The second-order valence-corrected chi connectivity index (χ2v) is 8.88. The predicted molar refractivity (Wildman–Crippen MR) is 103 cm³/mol. The molecule has 0 saturated carbocycles. The molecule has 29 heavy (non-hydrogen) atoms. The number of benzene rings is 1. The van der Waals surface area contributed by atoms with Crippen molar-refractivity contribution in [2.24, 2.45) is 5.92 Å². The molecule has 3 aromatic rings. The van der Waals surface area contributed by atoms with E-state index in [1.807, 2.05) is 28.8 Å². The molecule has 3 heterocycles. The van der Waals surface area contributed by atoms with Crippen LogP contribution in [0.3, 0.4) is 0 Å². The Kier molecular flexibility index (Phi) is 5.33. The first-order valence-corrected chi connectivity index (χ1v) is 10.7. The second-order valence-electron chi connectivity index (χ2n) is 6.94. The Morgan fingerprint density at radius 2 is 1.86 bits per heavy atom. The van der Waals surface area contributed by atoms with Gasteiger partial charge in [-0.2, -0.15) is 4.31 Å². The van der Waals surface area contributed by atoms with Crippen molar-refractivity contribution in [3.8, 4) is 0 Å². The number of halogens is 1. The lowest BCUT2D eigenvalue weighted by atomic mass is 9.98. The summed E-state index contributed by atoms with van der Waals surface area (Å²) in [6.07, 6.45) is 4.43. The van der Waals surface area contributed by atoms with Crippen molar-refractivity contribution in [1.29, 1.82) is 0 Å². The van der Waals surface area contributed by atoms with E-state index in [4.69, 9.17) is 4.74 Å². The van der Waals surface area contributed by atoms with E-state index < -0.39 is 15.8 Å². The Bertz CT molecular complexity index is 1090. The van der Waals surface area contributed by atoms with E-state index in [0.29, 0.717) is 18.5 Å². The highest BCUT2D eigenvalue weighted by Crippen LogP contribution is 2.25. The number of fused-ring (bicyclic) bond motifs is 1. The molecule has 0 atom stereocenters. The lowest BCUT2D eigenvalue weighted by Gasteiger charge is -2.30. The topological polar surface area (TPSA) is 81.0 Å². The molecule has 0 bridgehead atoms. The molecule has 0 unspecified atom stereocenters. The molecule has 0 spiro atoms. The first-order valence-electron chi connectivity index (χ1n) is 9.28. The number of sulfonamides is 1. The number of ether oxygens (including phenoxy) is 1. The number of pyridine rings is 1. The van der Waals surface area contributed by atoms with Gasteiger partial charge in [-0.25, -0.2) is 17.8 Å². The fraction of sp³-hybridized carbons (Fsp3) is 0.300. The maximum Gasteiger partial charge on any atom is 0.309 e. The van der Waals surface area contributed by atoms with Crippen molar-refractivity contribution in [3.63, 3.8) is 0 Å². The van der Waals surface area contributed by atoms with Gasteiger partial charge in [-0.05, 0) is 49.2 Å². The predicted octanol–water partition coefficient (Wildman–Crippen LogP) is 2.62. The normalized spacial score (nSPS) is 16.2. The number of carbonyl (C=O) groups is 1. The maximum absolute atomic E-state index is 13.0. The van der Waals surface area contributed by atoms with Gasteiger partial charge < -0.3 is 9.14 Å². The Balaban J connectivity index is 1.32. The highest BCUT2D eigenvalue weighted by atomic mass is 32.2. The van der Waals surface area contributed by atoms with E-state index >= 15 is 0 Å². The lowest BCUT2D eigenvalue weighted by Crippen LogP contribution is -2.40. The molecular weight excluding hydrogens is 397 g/mol. The van der Waals surface area contributed by atoms with Gasteiger partial charge in [0.25, 0.3) is 0 Å². The number of hydrogen-bond donors (Lipinski definition) is 0. The average Bonchev–Trinajstić information content (AvgIpc) is 3.15. The Hall–Kier alpha value is -2.78. The van der Waals surface area contributed by atoms with Crippen LogP contribution < -0.4 is 0 Å². The fourth-order valence-electron chi connectivity index (χ4n) is 3.41. The minimum absolute atomic E-state index is 0.0479. The zero-order chi connectivity index (χ0) is 20.4. The molecule has 0 amide bonds. The highest BCUT2D eigenvalue weighted by Gasteiger charge is 2.32. The third kappa shape index (κ3) is 4.15. The van der Waals surface area contributed by atoms with Crippen LogP contribution in [0.5, 0.6) is 0 Å². The monoisotopic (exact) mass is 417 g/mol. The Morgan fingerprint density at radius 1 is 1.14 bits per heavy atom. The van der Waals surface area contributed by atoms with Gasteiger partial charge in [-0.15, -0.1) is 0 Å². The van der Waals surface area contributed by atoms with Crippen LogP contribution in [0, 0.1) is 11.7 Å². The molecule has 9 heteroatoms. The number of esters is 1. The molecule has 1 aliphatic heterocycles. The summed E-state index contributed by atoms with van der Waals surface area (Å²) in [5, 5.41) is 0. The number of aromatic nitrogens is 2. The van der Waals surface area contributed by atoms with Gasteiger partial charge in [-0.1, -0.05) is 6.07 Å². The summed E-state index contributed by atoms with van der Waals surface area (Å²) >= 11 is 0. The van der Waals surface area contributed by atoms with E-state index in [1.165, 1.54) is 16.4 Å². The van der Waals surface area contributed by atoms with Crippen LogP contribution >= 0.6 is 0 Å². The molecular formula is C20H20FN3O4S. The Morgan fingerprint density at radius 3 is 2.55 bits per heavy atom. The first-order chi connectivity index (χ1) is 13.9. The summed E-state index contributed by atoms with van der Waals surface area (Å²) in [6, 6.07) is 10.4. The smallest absolute Gasteiger partial charge is 0.309 e. The van der Waals surface area contributed by atoms with Crippen LogP contribution in [0.15, 0.2) is 59.8 Å². The lowest BCUT2D eigenvalue weighted by molar-refractivity contribution is -0.151. The molecule has 4 rings (SSSR count). The van der Waals surface area contributed by atoms with Gasteiger partial charge >= 0.3 is 5.97 Å². The first kappa shape index (κ1) is 19.5. The average molecular weight is 417 g/mol. The molecule has 0 aliphatic carbocycles. The van der Waals surface area contributed by atoms with E-state index in [9.17, 15) is 17.6 Å². The van der Waals surface area contributed by atoms with Crippen LogP contribution in [-0.4, -0.2) is 41.2 Å². The van der Waals surface area contributed by atoms with Gasteiger partial charge in [-0.3, -0.25) is 4.79 Å². The van der Waals surface area contributed by atoms with Gasteiger partial charge in [0.05, 0.1) is 16.5 Å². The van der Waals surface area contributed by atoms with Gasteiger partial charge in [0.15, 0.2) is 0 Å². The van der Waals surface area contributed by atoms with Crippen LogP contribution in [0.25, 0.3) is 5.65 Å². The minimum Gasteiger partial charge on any atom is -0.459 e. The molecule has 7 nitrogen and oxygen atoms in total. The van der Waals surface area contributed by atoms with E-state index in [1.54, 1.807) is 6.20 Å². The van der Waals surface area contributed by atoms with Gasteiger partial charge in [0, 0.05) is 25.5 Å². The molecule has 2 aromatic heterocycles. The molecule has 0 radical (unpaired) electrons. The van der Waals surface area contributed by atoms with Crippen molar-refractivity contribution in [1.82, 2.24) is 13.7 Å². The zero-order valence-electron chi connectivity index (χ0n) is 15.6. The van der Waals surface area contributed by atoms with Crippen molar-refractivity contribution in [2.45, 2.75) is 24.3 Å². The maximum atomic E-state index is 13.0. The van der Waals surface area contributed by atoms with E-state index in [0.717, 1.165) is 17.8 Å². The van der Waals surface area contributed by atoms with Crippen molar-refractivity contribution in [3.05, 3.63) is 66.4 Å². The number of rotatable bonds is 5. The minimum atomic E-state index is -3.70. The van der Waals surface area contributed by atoms with Crippen molar-refractivity contribution < 1.29 is 22.3 Å². The number of imidazole rings is 1. The SMILES string of the molecule is O=C(OCc1cn2ccccc2n1)C1CCN(S(=O)(=O)c2ccc(F)cc2)CC1. The molecule has 1 fully saturated rings. The van der Waals surface area contributed by atoms with Crippen LogP contribution in [-0.2, 0) is 26.2 Å². The summed E-state index contributed by atoms with van der Waals surface area (Å²) in [5.41, 5.74) is 1.43. The number of nitrogens with zero attached hydrogens (tertiary/aromatic N) is 3. The second kappa shape index (κ2) is 7.92. The number of hydrogen-bond acceptors (Lipinski definition) is 5. The number of piperidine rings is 1. The van der Waals surface area contributed by atoms with Gasteiger partial charge in [0.2, 0.25) is 10.0 Å². The molecule has 152 valence electrons. The van der Waals surface area contributed by atoms with Crippen molar-refractivity contribution in [2.75, 3.05) is 13.1 Å². The largest absolute Gasteiger partial charge is 0.459 e. The van der Waals surface area contributed by atoms with Crippen LogP contribution in [0.1, 0.15) is 18.5 Å². The van der Waals surface area contributed by atoms with Crippen LogP contribution in [0.2, 0.25) is 0 Å². The fourth-order valence-corrected chi connectivity index (χ4v) is 4.88. The van der Waals surface area contributed by atoms with Gasteiger partial charge in [0.1, 0.15) is 18.1 Å². The zero-order valence-corrected chi connectivity index (χ0v) is 16.4. The van der Waals surface area contributed by atoms with Crippen molar-refractivity contribution >= 4 is 21.6 Å². The van der Waals surface area contributed by atoms with Crippen LogP contribution in [0.4, 0.5) is 4.39 Å². The Labute approximate surface area is 167 Å². The van der Waals surface area contributed by atoms with E-state index in [-0.39, 0.29) is 36.5 Å². The summed E-state index contributed by atoms with van der Waals surface area (Å²) in [5.74, 6) is -1.19. The number of carbonyl (C=O) groups excluding carboxylic acids is 1. The summed E-state index contributed by atoms with van der Waals surface area (Å²) in [4.78, 5) is 16.8. The quantitative estimate of drug-likeness (QED) is 0.596. The van der Waals surface area contributed by atoms with E-state index in [2.05, 4.69) is 4.98 Å².